The molecular weight excluding hydrogens is 227 g/mol. The summed E-state index contributed by atoms with van der Waals surface area (Å²) in [5.41, 5.74) is 4.16. The molecule has 0 atom stereocenters. The van der Waals surface area contributed by atoms with Crippen molar-refractivity contribution in [1.29, 1.82) is 0 Å². The quantitative estimate of drug-likeness (QED) is 0.812. The highest BCUT2D eigenvalue weighted by atomic mass is 16.6. The molecule has 0 radical (unpaired) electrons. The first-order valence-electron chi connectivity index (χ1n) is 5.77. The second kappa shape index (κ2) is 5.25. The van der Waals surface area contributed by atoms with Gasteiger partial charge in [0.25, 0.3) is 0 Å². The van der Waals surface area contributed by atoms with Crippen LogP contribution in [0.5, 0.6) is 5.75 Å². The van der Waals surface area contributed by atoms with Gasteiger partial charge in [-0.3, -0.25) is 0 Å². The number of benzene rings is 2. The predicted octanol–water partition coefficient (Wildman–Crippen LogP) is 2.32. The summed E-state index contributed by atoms with van der Waals surface area (Å²) in [5.74, 6) is 0.456. The molecular formula is C14H15BO3. The van der Waals surface area contributed by atoms with Gasteiger partial charge >= 0.3 is 7.32 Å². The Labute approximate surface area is 107 Å². The summed E-state index contributed by atoms with van der Waals surface area (Å²) in [6.07, 6.45) is 0. The van der Waals surface area contributed by atoms with E-state index in [1.54, 1.807) is 12.1 Å². The van der Waals surface area contributed by atoms with Crippen LogP contribution >= 0.6 is 0 Å². The third kappa shape index (κ3) is 2.91. The summed E-state index contributed by atoms with van der Waals surface area (Å²) in [5, 5.41) is 17.8. The summed E-state index contributed by atoms with van der Waals surface area (Å²) < 4.78 is 4.99. The molecule has 0 saturated carbocycles. The van der Waals surface area contributed by atoms with Crippen LogP contribution in [0.4, 0.5) is 0 Å². The normalized spacial score (nSPS) is 10.2. The van der Waals surface area contributed by atoms with Gasteiger partial charge in [0.05, 0.1) is 0 Å². The van der Waals surface area contributed by atoms with Crippen molar-refractivity contribution in [3.63, 3.8) is 0 Å². The van der Waals surface area contributed by atoms with E-state index in [1.165, 1.54) is 0 Å². The van der Waals surface area contributed by atoms with E-state index >= 15 is 0 Å². The Morgan fingerprint density at radius 2 is 1.56 bits per heavy atom. The summed E-state index contributed by atoms with van der Waals surface area (Å²) >= 11 is 0. The van der Waals surface area contributed by atoms with Crippen molar-refractivity contribution in [1.82, 2.24) is 0 Å². The van der Waals surface area contributed by atoms with Gasteiger partial charge in [0.15, 0.2) is 0 Å². The minimum atomic E-state index is -1.81. The first kappa shape index (κ1) is 12.7. The minimum absolute atomic E-state index is 0.456. The van der Waals surface area contributed by atoms with Crippen LogP contribution < -0.4 is 4.65 Å². The third-order valence-corrected chi connectivity index (χ3v) is 2.65. The topological polar surface area (TPSA) is 49.7 Å². The van der Waals surface area contributed by atoms with Crippen LogP contribution in [0, 0.1) is 13.8 Å². The molecule has 0 spiro atoms. The van der Waals surface area contributed by atoms with Gasteiger partial charge in [0, 0.05) is 5.56 Å². The Morgan fingerprint density at radius 3 is 2.17 bits per heavy atom. The number of aryl methyl sites for hydroxylation is 2. The molecule has 2 aromatic carbocycles. The van der Waals surface area contributed by atoms with Gasteiger partial charge < -0.3 is 14.7 Å². The van der Waals surface area contributed by atoms with Crippen molar-refractivity contribution < 1.29 is 14.7 Å². The molecule has 0 saturated heterocycles. The smallest absolute Gasteiger partial charge is 0.512 e. The Balaban J connectivity index is 2.49. The fourth-order valence-corrected chi connectivity index (χ4v) is 2.05. The fraction of sp³-hybridized carbons (Fsp3) is 0.143. The lowest BCUT2D eigenvalue weighted by atomic mass is 9.99. The largest absolute Gasteiger partial charge is 0.707 e. The molecule has 2 aromatic rings. The lowest BCUT2D eigenvalue weighted by Gasteiger charge is -2.12. The van der Waals surface area contributed by atoms with Crippen LogP contribution in [0.3, 0.4) is 0 Å². The highest BCUT2D eigenvalue weighted by Crippen LogP contribution is 2.31. The molecule has 18 heavy (non-hydrogen) atoms. The zero-order chi connectivity index (χ0) is 13.1. The SMILES string of the molecule is Cc1cc(C)cc(-c2ccccc2OB(O)O)c1. The van der Waals surface area contributed by atoms with Crippen molar-refractivity contribution in [3.8, 4) is 16.9 Å². The van der Waals surface area contributed by atoms with Crippen molar-refractivity contribution in [3.05, 3.63) is 53.6 Å². The van der Waals surface area contributed by atoms with Crippen molar-refractivity contribution in [2.45, 2.75) is 13.8 Å². The summed E-state index contributed by atoms with van der Waals surface area (Å²) in [6.45, 7) is 4.06. The highest BCUT2D eigenvalue weighted by Gasteiger charge is 2.14. The molecule has 0 amide bonds. The van der Waals surface area contributed by atoms with Gasteiger partial charge in [-0.05, 0) is 25.5 Å². The van der Waals surface area contributed by atoms with E-state index in [0.717, 1.165) is 22.3 Å². The maximum Gasteiger partial charge on any atom is 0.707 e. The van der Waals surface area contributed by atoms with Crippen LogP contribution in [0.2, 0.25) is 0 Å². The first-order chi connectivity index (χ1) is 8.56. The molecule has 2 rings (SSSR count). The first-order valence-corrected chi connectivity index (χ1v) is 5.77. The van der Waals surface area contributed by atoms with Gasteiger partial charge in [0.2, 0.25) is 0 Å². The number of para-hydroxylation sites is 1. The van der Waals surface area contributed by atoms with Crippen LogP contribution in [-0.2, 0) is 0 Å². The molecule has 0 bridgehead atoms. The van der Waals surface area contributed by atoms with Gasteiger partial charge in [0.1, 0.15) is 5.75 Å². The summed E-state index contributed by atoms with van der Waals surface area (Å²) in [7, 11) is -1.81. The third-order valence-electron chi connectivity index (χ3n) is 2.65. The molecule has 0 aliphatic carbocycles. The van der Waals surface area contributed by atoms with E-state index in [4.69, 9.17) is 14.7 Å². The van der Waals surface area contributed by atoms with E-state index in [2.05, 4.69) is 6.07 Å². The maximum atomic E-state index is 8.92. The van der Waals surface area contributed by atoms with Crippen molar-refractivity contribution in [2.75, 3.05) is 0 Å². The average Bonchev–Trinajstić information content (AvgIpc) is 2.27. The van der Waals surface area contributed by atoms with Crippen LogP contribution in [0.25, 0.3) is 11.1 Å². The van der Waals surface area contributed by atoms with Gasteiger partial charge in [-0.25, -0.2) is 0 Å². The van der Waals surface area contributed by atoms with Gasteiger partial charge in [-0.2, -0.15) is 0 Å². The summed E-state index contributed by atoms with van der Waals surface area (Å²) in [6, 6.07) is 13.5. The zero-order valence-electron chi connectivity index (χ0n) is 10.4. The average molecular weight is 242 g/mol. The van der Waals surface area contributed by atoms with Crippen molar-refractivity contribution >= 4 is 7.32 Å². The lowest BCUT2D eigenvalue weighted by Crippen LogP contribution is -2.20. The standard InChI is InChI=1S/C14H15BO3/c1-10-7-11(2)9-12(8-10)13-5-3-4-6-14(13)18-15(16)17/h3-9,16-17H,1-2H3. The molecule has 2 N–H and O–H groups in total. The summed E-state index contributed by atoms with van der Waals surface area (Å²) in [4.78, 5) is 0. The Hall–Kier alpha value is -1.78. The molecule has 0 fully saturated rings. The van der Waals surface area contributed by atoms with E-state index in [-0.39, 0.29) is 0 Å². The molecule has 3 nitrogen and oxygen atoms in total. The molecule has 0 aromatic heterocycles. The molecule has 0 aliphatic rings. The fourth-order valence-electron chi connectivity index (χ4n) is 2.05. The molecule has 4 heteroatoms. The van der Waals surface area contributed by atoms with Crippen LogP contribution in [0.1, 0.15) is 11.1 Å². The van der Waals surface area contributed by atoms with E-state index in [1.807, 2.05) is 38.1 Å². The number of hydrogen-bond donors (Lipinski definition) is 2. The highest BCUT2D eigenvalue weighted by molar-refractivity contribution is 6.34. The Kier molecular flexibility index (Phi) is 3.70. The van der Waals surface area contributed by atoms with Crippen LogP contribution in [0.15, 0.2) is 42.5 Å². The van der Waals surface area contributed by atoms with E-state index < -0.39 is 7.32 Å². The Morgan fingerprint density at radius 1 is 0.944 bits per heavy atom. The van der Waals surface area contributed by atoms with Gasteiger partial charge in [-0.15, -0.1) is 0 Å². The zero-order valence-corrected chi connectivity index (χ0v) is 10.4. The molecule has 0 unspecified atom stereocenters. The monoisotopic (exact) mass is 242 g/mol. The Bertz CT molecular complexity index is 532. The number of rotatable bonds is 3. The van der Waals surface area contributed by atoms with E-state index in [9.17, 15) is 0 Å². The molecule has 0 heterocycles. The lowest BCUT2D eigenvalue weighted by molar-refractivity contribution is 0.288. The number of hydrogen-bond acceptors (Lipinski definition) is 3. The van der Waals surface area contributed by atoms with Crippen LogP contribution in [-0.4, -0.2) is 17.4 Å². The minimum Gasteiger partial charge on any atom is -0.512 e. The predicted molar refractivity (Wildman–Crippen MR) is 72.2 cm³/mol. The van der Waals surface area contributed by atoms with Gasteiger partial charge in [-0.1, -0.05) is 47.5 Å². The maximum absolute atomic E-state index is 8.92. The molecule has 92 valence electrons. The second-order valence-corrected chi connectivity index (χ2v) is 4.32. The van der Waals surface area contributed by atoms with E-state index in [0.29, 0.717) is 5.75 Å². The molecule has 0 aliphatic heterocycles. The van der Waals surface area contributed by atoms with Crippen molar-refractivity contribution in [2.24, 2.45) is 0 Å². The second-order valence-electron chi connectivity index (χ2n) is 4.32.